The van der Waals surface area contributed by atoms with Crippen molar-refractivity contribution in [3.8, 4) is 0 Å². The molecule has 2 aliphatic rings. The van der Waals surface area contributed by atoms with Gasteiger partial charge in [-0.15, -0.1) is 0 Å². The van der Waals surface area contributed by atoms with Crippen LogP contribution in [0.3, 0.4) is 0 Å². The van der Waals surface area contributed by atoms with E-state index >= 15 is 0 Å². The van der Waals surface area contributed by atoms with Crippen molar-refractivity contribution in [1.29, 1.82) is 0 Å². The highest BCUT2D eigenvalue weighted by molar-refractivity contribution is 8.15. The number of fused-ring (bicyclic) bond motifs is 1. The highest BCUT2D eigenvalue weighted by Crippen LogP contribution is 2.44. The number of carbonyl (C=O) groups excluding carboxylic acids is 2. The van der Waals surface area contributed by atoms with Gasteiger partial charge >= 0.3 is 5.97 Å². The topological polar surface area (TPSA) is 68.2 Å². The number of aliphatic imine (C=N–C) groups is 1. The molecule has 6 nitrogen and oxygen atoms in total. The molecule has 2 atom stereocenters. The van der Waals surface area contributed by atoms with Gasteiger partial charge in [-0.05, 0) is 30.4 Å². The number of thioether (sulfide) groups is 1. The lowest BCUT2D eigenvalue weighted by molar-refractivity contribution is -0.141. The van der Waals surface area contributed by atoms with Gasteiger partial charge in [-0.1, -0.05) is 56.8 Å². The summed E-state index contributed by atoms with van der Waals surface area (Å²) in [7, 11) is 1.56. The number of amides is 1. The molecule has 7 heteroatoms. The summed E-state index contributed by atoms with van der Waals surface area (Å²) in [4.78, 5) is 32.3. The number of carbonyl (C=O) groups is 2. The van der Waals surface area contributed by atoms with Gasteiger partial charge in [0.15, 0.2) is 5.17 Å². The second-order valence-corrected chi connectivity index (χ2v) is 8.64. The fourth-order valence-corrected chi connectivity index (χ4v) is 4.66. The van der Waals surface area contributed by atoms with E-state index in [4.69, 9.17) is 9.47 Å². The van der Waals surface area contributed by atoms with E-state index < -0.39 is 12.0 Å². The zero-order valence-electron chi connectivity index (χ0n) is 17.6. The minimum absolute atomic E-state index is 0.0103. The number of hydrogen-bond acceptors (Lipinski definition) is 6. The number of benzene rings is 1. The summed E-state index contributed by atoms with van der Waals surface area (Å²) in [6.07, 6.45) is 0.713. The number of methoxy groups -OCH3 is 1. The van der Waals surface area contributed by atoms with Crippen molar-refractivity contribution in [2.75, 3.05) is 20.3 Å². The SMILES string of the molecule is CC[C@H]1SC2=NC(C)=C(C(=O)OCCOC)[C@H](c3ccc(C(C)C)cc3)N2C1=O. The molecule has 2 heterocycles. The first-order chi connectivity index (χ1) is 13.9. The molecule has 1 saturated heterocycles. The summed E-state index contributed by atoms with van der Waals surface area (Å²) in [6.45, 7) is 8.53. The van der Waals surface area contributed by atoms with Crippen LogP contribution in [0, 0.1) is 0 Å². The average molecular weight is 417 g/mol. The molecule has 3 rings (SSSR count). The van der Waals surface area contributed by atoms with Crippen LogP contribution >= 0.6 is 11.8 Å². The Labute approximate surface area is 176 Å². The van der Waals surface area contributed by atoms with Crippen molar-refractivity contribution >= 4 is 28.8 Å². The summed E-state index contributed by atoms with van der Waals surface area (Å²) in [5, 5.41) is 0.480. The summed E-state index contributed by atoms with van der Waals surface area (Å²) in [6, 6.07) is 7.57. The third-order valence-corrected chi connectivity index (χ3v) is 6.50. The first-order valence-electron chi connectivity index (χ1n) is 9.94. The van der Waals surface area contributed by atoms with Crippen molar-refractivity contribution in [2.45, 2.75) is 51.3 Å². The van der Waals surface area contributed by atoms with Crippen molar-refractivity contribution in [2.24, 2.45) is 4.99 Å². The maximum Gasteiger partial charge on any atom is 0.338 e. The largest absolute Gasteiger partial charge is 0.460 e. The zero-order chi connectivity index (χ0) is 21.1. The van der Waals surface area contributed by atoms with E-state index in [1.165, 1.54) is 17.3 Å². The molecule has 0 N–H and O–H groups in total. The molecule has 0 radical (unpaired) electrons. The maximum absolute atomic E-state index is 13.1. The number of rotatable bonds is 7. The maximum atomic E-state index is 13.1. The number of esters is 1. The molecule has 1 fully saturated rings. The average Bonchev–Trinajstić information content (AvgIpc) is 3.02. The van der Waals surface area contributed by atoms with Crippen molar-refractivity contribution in [1.82, 2.24) is 4.90 Å². The molecule has 156 valence electrons. The van der Waals surface area contributed by atoms with Crippen LogP contribution in [0.5, 0.6) is 0 Å². The summed E-state index contributed by atoms with van der Waals surface area (Å²) in [5.41, 5.74) is 3.09. The number of allylic oxidation sites excluding steroid dienone is 1. The van der Waals surface area contributed by atoms with Crippen molar-refractivity contribution in [3.05, 3.63) is 46.7 Å². The second-order valence-electron chi connectivity index (χ2n) is 7.47. The lowest BCUT2D eigenvalue weighted by Gasteiger charge is -2.33. The van der Waals surface area contributed by atoms with Gasteiger partial charge in [0.05, 0.1) is 29.2 Å². The van der Waals surface area contributed by atoms with Crippen molar-refractivity contribution in [3.63, 3.8) is 0 Å². The molecule has 0 unspecified atom stereocenters. The van der Waals surface area contributed by atoms with E-state index in [-0.39, 0.29) is 17.8 Å². The predicted molar refractivity (Wildman–Crippen MR) is 115 cm³/mol. The molecule has 0 spiro atoms. The molecular formula is C22H28N2O4S. The smallest absolute Gasteiger partial charge is 0.338 e. The van der Waals surface area contributed by atoms with Gasteiger partial charge in [0.2, 0.25) is 5.91 Å². The second kappa shape index (κ2) is 9.13. The van der Waals surface area contributed by atoms with Gasteiger partial charge in [-0.3, -0.25) is 9.69 Å². The van der Waals surface area contributed by atoms with Crippen molar-refractivity contribution < 1.29 is 19.1 Å². The third kappa shape index (κ3) is 4.26. The molecule has 29 heavy (non-hydrogen) atoms. The first-order valence-corrected chi connectivity index (χ1v) is 10.8. The minimum atomic E-state index is -0.532. The van der Waals surface area contributed by atoms with E-state index in [0.717, 1.165) is 5.56 Å². The monoisotopic (exact) mass is 416 g/mol. The highest BCUT2D eigenvalue weighted by Gasteiger charge is 2.47. The van der Waals surface area contributed by atoms with Gasteiger partial charge in [0.1, 0.15) is 6.61 Å². The Kier molecular flexibility index (Phi) is 6.80. The molecular weight excluding hydrogens is 388 g/mol. The Bertz CT molecular complexity index is 845. The van der Waals surface area contributed by atoms with Crippen LogP contribution in [0.2, 0.25) is 0 Å². The van der Waals surface area contributed by atoms with E-state index in [1.807, 2.05) is 19.1 Å². The minimum Gasteiger partial charge on any atom is -0.460 e. The van der Waals surface area contributed by atoms with E-state index in [1.54, 1.807) is 18.9 Å². The Balaban J connectivity index is 2.03. The molecule has 0 saturated carbocycles. The Morgan fingerprint density at radius 3 is 2.52 bits per heavy atom. The normalized spacial score (nSPS) is 21.5. The van der Waals surface area contributed by atoms with Gasteiger partial charge < -0.3 is 9.47 Å². The first kappa shape index (κ1) is 21.6. The van der Waals surface area contributed by atoms with Crippen LogP contribution < -0.4 is 0 Å². The third-order valence-electron chi connectivity index (χ3n) is 5.18. The van der Waals surface area contributed by atoms with Crippen LogP contribution in [0.25, 0.3) is 0 Å². The number of hydrogen-bond donors (Lipinski definition) is 0. The molecule has 1 aromatic rings. The van der Waals surface area contributed by atoms with Crippen LogP contribution in [0.15, 0.2) is 40.5 Å². The van der Waals surface area contributed by atoms with E-state index in [9.17, 15) is 9.59 Å². The van der Waals surface area contributed by atoms with Gasteiger partial charge in [0, 0.05) is 7.11 Å². The molecule has 2 aliphatic heterocycles. The quantitative estimate of drug-likeness (QED) is 0.496. The summed E-state index contributed by atoms with van der Waals surface area (Å²) in [5.74, 6) is -0.0707. The molecule has 0 aliphatic carbocycles. The lowest BCUT2D eigenvalue weighted by atomic mass is 9.92. The van der Waals surface area contributed by atoms with Crippen LogP contribution in [-0.2, 0) is 19.1 Å². The Hall–Kier alpha value is -2.12. The lowest BCUT2D eigenvalue weighted by Crippen LogP contribution is -2.41. The Morgan fingerprint density at radius 1 is 1.24 bits per heavy atom. The molecule has 0 bridgehead atoms. The van der Waals surface area contributed by atoms with Crippen LogP contribution in [0.4, 0.5) is 0 Å². The number of ether oxygens (including phenoxy) is 2. The zero-order valence-corrected chi connectivity index (χ0v) is 18.4. The molecule has 1 aromatic carbocycles. The molecule has 1 amide bonds. The fraction of sp³-hybridized carbons (Fsp3) is 0.500. The van der Waals surface area contributed by atoms with Gasteiger partial charge in [-0.2, -0.15) is 0 Å². The predicted octanol–water partition coefficient (Wildman–Crippen LogP) is 4.04. The van der Waals surface area contributed by atoms with E-state index in [2.05, 4.69) is 31.0 Å². The Morgan fingerprint density at radius 2 is 1.93 bits per heavy atom. The number of amidine groups is 1. The summed E-state index contributed by atoms with van der Waals surface area (Å²) < 4.78 is 10.4. The van der Waals surface area contributed by atoms with Gasteiger partial charge in [0.25, 0.3) is 0 Å². The summed E-state index contributed by atoms with van der Waals surface area (Å²) >= 11 is 1.47. The fourth-order valence-electron chi connectivity index (χ4n) is 3.52. The molecule has 0 aromatic heterocycles. The van der Waals surface area contributed by atoms with Crippen LogP contribution in [0.1, 0.15) is 57.2 Å². The highest BCUT2D eigenvalue weighted by atomic mass is 32.2. The van der Waals surface area contributed by atoms with E-state index in [0.29, 0.717) is 35.4 Å². The number of nitrogens with zero attached hydrogens (tertiary/aromatic N) is 2. The van der Waals surface area contributed by atoms with Gasteiger partial charge in [-0.25, -0.2) is 9.79 Å². The standard InChI is InChI=1S/C22H28N2O4S/c1-6-17-20(25)24-19(16-9-7-15(8-10-16)13(2)3)18(14(4)23-22(24)29-17)21(26)28-12-11-27-5/h7-10,13,17,19H,6,11-12H2,1-5H3/t17-,19+/m1/s1. The van der Waals surface area contributed by atoms with Crippen LogP contribution in [-0.4, -0.2) is 47.5 Å².